The van der Waals surface area contributed by atoms with E-state index in [4.69, 9.17) is 5.11 Å². The van der Waals surface area contributed by atoms with Crippen molar-refractivity contribution in [3.05, 3.63) is 46.7 Å². The van der Waals surface area contributed by atoms with E-state index in [2.05, 4.69) is 21.0 Å². The van der Waals surface area contributed by atoms with Gasteiger partial charge >= 0.3 is 5.97 Å². The fourth-order valence-electron chi connectivity index (χ4n) is 2.73. The minimum Gasteiger partial charge on any atom is -0.481 e. The van der Waals surface area contributed by atoms with E-state index in [1.165, 1.54) is 0 Å². The van der Waals surface area contributed by atoms with Crippen molar-refractivity contribution in [3.63, 3.8) is 0 Å². The minimum atomic E-state index is -0.845. The van der Waals surface area contributed by atoms with E-state index < -0.39 is 11.9 Å². The highest BCUT2D eigenvalue weighted by atomic mass is 79.9. The third kappa shape index (κ3) is 3.44. The Balaban J connectivity index is 1.77. The summed E-state index contributed by atoms with van der Waals surface area (Å²) in [5, 5.41) is 13.4. The summed E-state index contributed by atoms with van der Waals surface area (Å²) in [6, 6.07) is 9.27. The number of rotatable bonds is 3. The Morgan fingerprint density at radius 2 is 2.13 bits per heavy atom. The normalized spacial score (nSPS) is 18.0. The molecule has 1 saturated heterocycles. The van der Waals surface area contributed by atoms with Crippen LogP contribution in [0.25, 0.3) is 5.69 Å². The van der Waals surface area contributed by atoms with Crippen LogP contribution < -0.4 is 0 Å². The molecule has 1 aromatic heterocycles. The zero-order valence-electron chi connectivity index (χ0n) is 12.4. The zero-order valence-corrected chi connectivity index (χ0v) is 13.9. The van der Waals surface area contributed by atoms with Gasteiger partial charge in [0.15, 0.2) is 5.69 Å². The van der Waals surface area contributed by atoms with Gasteiger partial charge in [0.25, 0.3) is 5.91 Å². The van der Waals surface area contributed by atoms with Crippen molar-refractivity contribution >= 4 is 27.8 Å². The summed E-state index contributed by atoms with van der Waals surface area (Å²) in [4.78, 5) is 25.2. The van der Waals surface area contributed by atoms with Crippen molar-refractivity contribution in [1.29, 1.82) is 0 Å². The van der Waals surface area contributed by atoms with Crippen LogP contribution in [0.5, 0.6) is 0 Å². The number of hydrogen-bond acceptors (Lipinski definition) is 3. The first-order chi connectivity index (χ1) is 11.0. The van der Waals surface area contributed by atoms with Gasteiger partial charge in [-0.15, -0.1) is 0 Å². The summed E-state index contributed by atoms with van der Waals surface area (Å²) in [6.45, 7) is 0.824. The first-order valence-electron chi connectivity index (χ1n) is 7.38. The van der Waals surface area contributed by atoms with E-state index in [1.807, 2.05) is 24.3 Å². The van der Waals surface area contributed by atoms with Crippen molar-refractivity contribution in [2.75, 3.05) is 13.1 Å². The number of carbonyl (C=O) groups excluding carboxylic acids is 1. The maximum atomic E-state index is 12.5. The van der Waals surface area contributed by atoms with Gasteiger partial charge < -0.3 is 10.0 Å². The second kappa shape index (κ2) is 6.54. The fourth-order valence-corrected chi connectivity index (χ4v) is 3.11. The number of likely N-dealkylation sites (tertiary alicyclic amines) is 1. The van der Waals surface area contributed by atoms with Crippen LogP contribution in [0, 0.1) is 5.92 Å². The molecule has 0 unspecified atom stereocenters. The molecular formula is C16H16BrN3O3. The molecule has 3 rings (SSSR count). The van der Waals surface area contributed by atoms with E-state index in [0.29, 0.717) is 25.1 Å². The first kappa shape index (κ1) is 15.7. The molecule has 6 nitrogen and oxygen atoms in total. The number of carbonyl (C=O) groups is 2. The molecule has 0 aliphatic carbocycles. The number of piperidine rings is 1. The predicted molar refractivity (Wildman–Crippen MR) is 87.5 cm³/mol. The number of carboxylic acids is 1. The Morgan fingerprint density at radius 1 is 1.30 bits per heavy atom. The van der Waals surface area contributed by atoms with Crippen LogP contribution >= 0.6 is 15.9 Å². The molecule has 0 radical (unpaired) electrons. The summed E-state index contributed by atoms with van der Waals surface area (Å²) in [6.07, 6.45) is 3.05. The lowest BCUT2D eigenvalue weighted by Crippen LogP contribution is -2.42. The minimum absolute atomic E-state index is 0.218. The third-order valence-corrected chi connectivity index (χ3v) is 4.43. The number of amides is 1. The van der Waals surface area contributed by atoms with E-state index in [9.17, 15) is 9.59 Å². The number of halogens is 1. The summed E-state index contributed by atoms with van der Waals surface area (Å²) in [5.74, 6) is -1.55. The lowest BCUT2D eigenvalue weighted by Gasteiger charge is -2.30. The Kier molecular flexibility index (Phi) is 4.47. The van der Waals surface area contributed by atoms with Gasteiger partial charge in [0.05, 0.1) is 11.6 Å². The lowest BCUT2D eigenvalue weighted by atomic mass is 9.98. The Labute approximate surface area is 141 Å². The highest BCUT2D eigenvalue weighted by Gasteiger charge is 2.29. The van der Waals surface area contributed by atoms with Crippen LogP contribution in [0.3, 0.4) is 0 Å². The van der Waals surface area contributed by atoms with E-state index in [1.54, 1.807) is 21.8 Å². The van der Waals surface area contributed by atoms with Crippen LogP contribution in [0.4, 0.5) is 0 Å². The maximum Gasteiger partial charge on any atom is 0.308 e. The Bertz CT molecular complexity index is 744. The molecule has 0 spiro atoms. The second-order valence-electron chi connectivity index (χ2n) is 5.55. The number of benzene rings is 1. The number of nitrogens with zero attached hydrogens (tertiary/aromatic N) is 3. The number of carboxylic acid groups (broad SMARTS) is 1. The average Bonchev–Trinajstić information content (AvgIpc) is 3.04. The van der Waals surface area contributed by atoms with Crippen LogP contribution in [-0.4, -0.2) is 44.8 Å². The number of aliphatic carboxylic acids is 1. The van der Waals surface area contributed by atoms with Gasteiger partial charge in [-0.1, -0.05) is 22.0 Å². The summed E-state index contributed by atoms with van der Waals surface area (Å²) in [5.41, 5.74) is 1.18. The zero-order chi connectivity index (χ0) is 16.4. The SMILES string of the molecule is O=C(O)[C@@H]1CCCN(C(=O)c2ccn(-c3cccc(Br)c3)n2)C1. The topological polar surface area (TPSA) is 75.4 Å². The van der Waals surface area contributed by atoms with Crippen molar-refractivity contribution in [1.82, 2.24) is 14.7 Å². The summed E-state index contributed by atoms with van der Waals surface area (Å²) >= 11 is 3.41. The van der Waals surface area contributed by atoms with Crippen molar-refractivity contribution in [3.8, 4) is 5.69 Å². The molecule has 0 saturated carbocycles. The molecular weight excluding hydrogens is 362 g/mol. The molecule has 1 aliphatic heterocycles. The van der Waals surface area contributed by atoms with E-state index in [0.717, 1.165) is 10.2 Å². The van der Waals surface area contributed by atoms with Gasteiger partial charge in [-0.05, 0) is 37.1 Å². The van der Waals surface area contributed by atoms with Crippen LogP contribution in [0.1, 0.15) is 23.3 Å². The summed E-state index contributed by atoms with van der Waals surface area (Å²) < 4.78 is 2.56. The monoisotopic (exact) mass is 377 g/mol. The largest absolute Gasteiger partial charge is 0.481 e. The molecule has 7 heteroatoms. The quantitative estimate of drug-likeness (QED) is 0.891. The molecule has 1 atom stereocenters. The smallest absolute Gasteiger partial charge is 0.308 e. The van der Waals surface area contributed by atoms with Gasteiger partial charge in [-0.25, -0.2) is 4.68 Å². The number of aromatic nitrogens is 2. The maximum absolute atomic E-state index is 12.5. The van der Waals surface area contributed by atoms with Crippen molar-refractivity contribution < 1.29 is 14.7 Å². The first-order valence-corrected chi connectivity index (χ1v) is 8.17. The van der Waals surface area contributed by atoms with E-state index in [-0.39, 0.29) is 12.5 Å². The van der Waals surface area contributed by atoms with Gasteiger partial charge in [0.2, 0.25) is 0 Å². The molecule has 2 aromatic rings. The third-order valence-electron chi connectivity index (χ3n) is 3.94. The molecule has 23 heavy (non-hydrogen) atoms. The average molecular weight is 378 g/mol. The molecule has 1 aromatic carbocycles. The molecule has 1 N–H and O–H groups in total. The Hall–Kier alpha value is -2.15. The van der Waals surface area contributed by atoms with Crippen LogP contribution in [0.2, 0.25) is 0 Å². The highest BCUT2D eigenvalue weighted by Crippen LogP contribution is 2.19. The molecule has 1 fully saturated rings. The Morgan fingerprint density at radius 3 is 2.87 bits per heavy atom. The van der Waals surface area contributed by atoms with Gasteiger partial charge in [-0.3, -0.25) is 9.59 Å². The van der Waals surface area contributed by atoms with Gasteiger partial charge in [0, 0.05) is 23.8 Å². The van der Waals surface area contributed by atoms with E-state index >= 15 is 0 Å². The molecule has 2 heterocycles. The van der Waals surface area contributed by atoms with Gasteiger partial charge in [0.1, 0.15) is 0 Å². The highest BCUT2D eigenvalue weighted by molar-refractivity contribution is 9.10. The van der Waals surface area contributed by atoms with Crippen LogP contribution in [-0.2, 0) is 4.79 Å². The summed E-state index contributed by atoms with van der Waals surface area (Å²) in [7, 11) is 0. The number of hydrogen-bond donors (Lipinski definition) is 1. The second-order valence-corrected chi connectivity index (χ2v) is 6.47. The van der Waals surface area contributed by atoms with Crippen molar-refractivity contribution in [2.24, 2.45) is 5.92 Å². The van der Waals surface area contributed by atoms with Crippen molar-refractivity contribution in [2.45, 2.75) is 12.8 Å². The molecule has 0 bridgehead atoms. The molecule has 1 amide bonds. The predicted octanol–water partition coefficient (Wildman–Crippen LogP) is 2.57. The fraction of sp³-hybridized carbons (Fsp3) is 0.312. The standard InChI is InChI=1S/C16H16BrN3O3/c17-12-4-1-5-13(9-12)20-8-6-14(18-20)15(21)19-7-2-3-11(10-19)16(22)23/h1,4-6,8-9,11H,2-3,7,10H2,(H,22,23)/t11-/m1/s1. The van der Waals surface area contributed by atoms with Gasteiger partial charge in [-0.2, -0.15) is 5.10 Å². The lowest BCUT2D eigenvalue weighted by molar-refractivity contribution is -0.143. The molecule has 1 aliphatic rings. The van der Waals surface area contributed by atoms with Crippen LogP contribution in [0.15, 0.2) is 41.0 Å². The molecule has 120 valence electrons.